The Morgan fingerprint density at radius 1 is 1.20 bits per heavy atom. The van der Waals surface area contributed by atoms with Crippen molar-refractivity contribution in [1.82, 2.24) is 9.29 Å². The molecular weight excluding hydrogens is 360 g/mol. The standard InChI is InChI=1S/C18H21ClN2O3S/c19-16-8-6-15(7-9-16)14-25(22,23)21-11-3-5-18(12-21)24-13-17-4-1-2-10-20-17/h1-2,4,6-10,18H,3,5,11-14H2. The van der Waals surface area contributed by atoms with Crippen LogP contribution >= 0.6 is 11.6 Å². The van der Waals surface area contributed by atoms with E-state index in [-0.39, 0.29) is 11.9 Å². The van der Waals surface area contributed by atoms with E-state index in [0.29, 0.717) is 24.7 Å². The van der Waals surface area contributed by atoms with Gasteiger partial charge in [0.05, 0.1) is 24.2 Å². The molecule has 1 aliphatic heterocycles. The van der Waals surface area contributed by atoms with Gasteiger partial charge in [-0.25, -0.2) is 8.42 Å². The molecule has 5 nitrogen and oxygen atoms in total. The molecule has 0 radical (unpaired) electrons. The van der Waals surface area contributed by atoms with Gasteiger partial charge < -0.3 is 4.74 Å². The number of sulfonamides is 1. The first-order valence-corrected chi connectivity index (χ1v) is 10.3. The van der Waals surface area contributed by atoms with Gasteiger partial charge in [-0.2, -0.15) is 4.31 Å². The number of pyridine rings is 1. The molecule has 2 aromatic rings. The summed E-state index contributed by atoms with van der Waals surface area (Å²) >= 11 is 5.85. The topological polar surface area (TPSA) is 59.5 Å². The Bertz CT molecular complexity index is 782. The van der Waals surface area contributed by atoms with Gasteiger partial charge in [-0.3, -0.25) is 4.98 Å². The smallest absolute Gasteiger partial charge is 0.218 e. The Morgan fingerprint density at radius 2 is 2.00 bits per heavy atom. The second kappa shape index (κ2) is 8.27. The number of rotatable bonds is 6. The van der Waals surface area contributed by atoms with E-state index < -0.39 is 10.0 Å². The lowest BCUT2D eigenvalue weighted by Crippen LogP contribution is -2.43. The second-order valence-electron chi connectivity index (χ2n) is 6.14. The lowest BCUT2D eigenvalue weighted by molar-refractivity contribution is 0.00663. The first kappa shape index (κ1) is 18.3. The fourth-order valence-electron chi connectivity index (χ4n) is 2.86. The van der Waals surface area contributed by atoms with Crippen LogP contribution in [-0.2, 0) is 27.1 Å². The van der Waals surface area contributed by atoms with Crippen molar-refractivity contribution < 1.29 is 13.2 Å². The van der Waals surface area contributed by atoms with Gasteiger partial charge in [0.1, 0.15) is 0 Å². The van der Waals surface area contributed by atoms with E-state index in [4.69, 9.17) is 16.3 Å². The quantitative estimate of drug-likeness (QED) is 0.771. The highest BCUT2D eigenvalue weighted by Crippen LogP contribution is 2.21. The molecule has 1 aromatic heterocycles. The highest BCUT2D eigenvalue weighted by Gasteiger charge is 2.29. The Morgan fingerprint density at radius 3 is 2.72 bits per heavy atom. The normalized spacial score (nSPS) is 19.0. The van der Waals surface area contributed by atoms with E-state index in [2.05, 4.69) is 4.98 Å². The van der Waals surface area contributed by atoms with E-state index in [1.807, 2.05) is 18.2 Å². The molecule has 3 rings (SSSR count). The van der Waals surface area contributed by atoms with Crippen molar-refractivity contribution in [3.05, 3.63) is 64.9 Å². The minimum atomic E-state index is -3.37. The molecule has 2 heterocycles. The van der Waals surface area contributed by atoms with Gasteiger partial charge in [-0.15, -0.1) is 0 Å². The summed E-state index contributed by atoms with van der Waals surface area (Å²) in [7, 11) is -3.37. The number of hydrogen-bond donors (Lipinski definition) is 0. The predicted octanol–water partition coefficient (Wildman–Crippen LogP) is 3.25. The van der Waals surface area contributed by atoms with Crippen molar-refractivity contribution in [2.45, 2.75) is 31.3 Å². The molecule has 1 fully saturated rings. The molecule has 0 N–H and O–H groups in total. The fraction of sp³-hybridized carbons (Fsp3) is 0.389. The van der Waals surface area contributed by atoms with Crippen molar-refractivity contribution in [1.29, 1.82) is 0 Å². The Balaban J connectivity index is 1.58. The molecule has 0 bridgehead atoms. The summed E-state index contributed by atoms with van der Waals surface area (Å²) in [4.78, 5) is 4.23. The summed E-state index contributed by atoms with van der Waals surface area (Å²) in [6.07, 6.45) is 3.28. The van der Waals surface area contributed by atoms with Crippen LogP contribution in [0.4, 0.5) is 0 Å². The predicted molar refractivity (Wildman–Crippen MR) is 97.7 cm³/mol. The van der Waals surface area contributed by atoms with Gasteiger partial charge in [0.25, 0.3) is 0 Å². The summed E-state index contributed by atoms with van der Waals surface area (Å²) in [6, 6.07) is 12.6. The Hall–Kier alpha value is -1.47. The third-order valence-electron chi connectivity index (χ3n) is 4.19. The third-order valence-corrected chi connectivity index (χ3v) is 6.26. The summed E-state index contributed by atoms with van der Waals surface area (Å²) in [5.41, 5.74) is 1.59. The maximum absolute atomic E-state index is 12.7. The van der Waals surface area contributed by atoms with Crippen LogP contribution in [0, 0.1) is 0 Å². The summed E-state index contributed by atoms with van der Waals surface area (Å²) < 4.78 is 32.8. The second-order valence-corrected chi connectivity index (χ2v) is 8.54. The highest BCUT2D eigenvalue weighted by atomic mass is 35.5. The number of benzene rings is 1. The zero-order valence-corrected chi connectivity index (χ0v) is 15.4. The van der Waals surface area contributed by atoms with E-state index in [9.17, 15) is 8.42 Å². The molecule has 7 heteroatoms. The lowest BCUT2D eigenvalue weighted by Gasteiger charge is -2.31. The van der Waals surface area contributed by atoms with Crippen LogP contribution in [0.15, 0.2) is 48.7 Å². The molecular formula is C18H21ClN2O3S. The molecule has 1 saturated heterocycles. The average molecular weight is 381 g/mol. The summed E-state index contributed by atoms with van der Waals surface area (Å²) in [5.74, 6) is -0.0167. The van der Waals surface area contributed by atoms with Gasteiger partial charge in [-0.05, 0) is 42.7 Å². The number of ether oxygens (including phenoxy) is 1. The van der Waals surface area contributed by atoms with Gasteiger partial charge >= 0.3 is 0 Å². The SMILES string of the molecule is O=S(=O)(Cc1ccc(Cl)cc1)N1CCCC(OCc2ccccn2)C1. The molecule has 1 unspecified atom stereocenters. The fourth-order valence-corrected chi connectivity index (χ4v) is 4.59. The maximum Gasteiger partial charge on any atom is 0.218 e. The largest absolute Gasteiger partial charge is 0.371 e. The molecule has 1 aromatic carbocycles. The van der Waals surface area contributed by atoms with Crippen LogP contribution in [0.25, 0.3) is 0 Å². The van der Waals surface area contributed by atoms with Gasteiger partial charge in [-0.1, -0.05) is 29.8 Å². The average Bonchev–Trinajstić information content (AvgIpc) is 2.63. The van der Waals surface area contributed by atoms with Crippen molar-refractivity contribution in [3.8, 4) is 0 Å². The number of nitrogens with zero attached hydrogens (tertiary/aromatic N) is 2. The molecule has 0 amide bonds. The minimum absolute atomic E-state index is 0.0167. The summed E-state index contributed by atoms with van der Waals surface area (Å²) in [6.45, 7) is 1.33. The van der Waals surface area contributed by atoms with Crippen LogP contribution in [0.5, 0.6) is 0 Å². The first-order chi connectivity index (χ1) is 12.0. The molecule has 25 heavy (non-hydrogen) atoms. The molecule has 134 valence electrons. The van der Waals surface area contributed by atoms with Crippen LogP contribution in [0.1, 0.15) is 24.1 Å². The maximum atomic E-state index is 12.7. The molecule has 1 atom stereocenters. The van der Waals surface area contributed by atoms with Crippen LogP contribution in [-0.4, -0.2) is 36.9 Å². The lowest BCUT2D eigenvalue weighted by atomic mass is 10.1. The van der Waals surface area contributed by atoms with Gasteiger partial charge in [0.15, 0.2) is 0 Å². The van der Waals surface area contributed by atoms with Crippen molar-refractivity contribution in [3.63, 3.8) is 0 Å². The third kappa shape index (κ3) is 5.25. The zero-order chi connectivity index (χ0) is 17.7. The van der Waals surface area contributed by atoms with Crippen LogP contribution in [0.2, 0.25) is 5.02 Å². The van der Waals surface area contributed by atoms with Crippen molar-refractivity contribution in [2.24, 2.45) is 0 Å². The van der Waals surface area contributed by atoms with Gasteiger partial charge in [0.2, 0.25) is 10.0 Å². The van der Waals surface area contributed by atoms with Crippen molar-refractivity contribution >= 4 is 21.6 Å². The van der Waals surface area contributed by atoms with E-state index in [1.165, 1.54) is 4.31 Å². The number of piperidine rings is 1. The van der Waals surface area contributed by atoms with Crippen LogP contribution in [0.3, 0.4) is 0 Å². The van der Waals surface area contributed by atoms with Crippen LogP contribution < -0.4 is 0 Å². The molecule has 0 saturated carbocycles. The molecule has 0 aliphatic carbocycles. The summed E-state index contributed by atoms with van der Waals surface area (Å²) in [5, 5.41) is 0.599. The van der Waals surface area contributed by atoms with E-state index in [1.54, 1.807) is 30.5 Å². The zero-order valence-electron chi connectivity index (χ0n) is 13.8. The molecule has 0 spiro atoms. The number of aromatic nitrogens is 1. The van der Waals surface area contributed by atoms with E-state index >= 15 is 0 Å². The highest BCUT2D eigenvalue weighted by molar-refractivity contribution is 7.88. The van der Waals surface area contributed by atoms with Gasteiger partial charge in [0, 0.05) is 24.3 Å². The first-order valence-electron chi connectivity index (χ1n) is 8.27. The number of hydrogen-bond acceptors (Lipinski definition) is 4. The van der Waals surface area contributed by atoms with E-state index in [0.717, 1.165) is 24.1 Å². The Kier molecular flexibility index (Phi) is 6.06. The monoisotopic (exact) mass is 380 g/mol. The number of halogens is 1. The molecule has 1 aliphatic rings. The Labute approximate surface area is 153 Å². The van der Waals surface area contributed by atoms with Crippen molar-refractivity contribution in [2.75, 3.05) is 13.1 Å². The minimum Gasteiger partial charge on any atom is -0.371 e.